The van der Waals surface area contributed by atoms with Crippen LogP contribution >= 0.6 is 0 Å². The zero-order valence-electron chi connectivity index (χ0n) is 18.5. The molecule has 32 heavy (non-hydrogen) atoms. The third-order valence-corrected chi connectivity index (χ3v) is 4.98. The van der Waals surface area contributed by atoms with Crippen molar-refractivity contribution in [3.63, 3.8) is 0 Å². The average molecular weight is 437 g/mol. The highest BCUT2D eigenvalue weighted by Gasteiger charge is 2.22. The molecule has 0 saturated carbocycles. The summed E-state index contributed by atoms with van der Waals surface area (Å²) in [7, 11) is 0. The minimum Gasteiger partial charge on any atom is -0.486 e. The van der Waals surface area contributed by atoms with Gasteiger partial charge < -0.3 is 4.74 Å². The molecule has 0 fully saturated rings. The predicted octanol–water partition coefficient (Wildman–Crippen LogP) is 5.78. The minimum atomic E-state index is -1.15. The van der Waals surface area contributed by atoms with Crippen molar-refractivity contribution in [3.8, 4) is 16.9 Å². The van der Waals surface area contributed by atoms with Crippen LogP contribution in [0, 0.1) is 11.6 Å². The molecular weight excluding hydrogens is 412 g/mol. The van der Waals surface area contributed by atoms with Crippen molar-refractivity contribution >= 4 is 11.8 Å². The van der Waals surface area contributed by atoms with E-state index in [2.05, 4.69) is 45.0 Å². The molecule has 0 radical (unpaired) electrons. The zero-order chi connectivity index (χ0) is 23.5. The van der Waals surface area contributed by atoms with Crippen molar-refractivity contribution in [2.24, 2.45) is 0 Å². The molecule has 2 amide bonds. The SMILES string of the molecule is CC(=O)NC(=O)c1c(F)ccc(OCc2cccc(-c3ccc(C(C)(C)C)cc3)c2)c1F. The number of hydrogen-bond acceptors (Lipinski definition) is 3. The van der Waals surface area contributed by atoms with Crippen LogP contribution in [0.3, 0.4) is 0 Å². The highest BCUT2D eigenvalue weighted by atomic mass is 19.1. The first kappa shape index (κ1) is 23.1. The maximum absolute atomic E-state index is 14.7. The van der Waals surface area contributed by atoms with Crippen molar-refractivity contribution in [1.29, 1.82) is 0 Å². The molecule has 166 valence electrons. The number of imide groups is 1. The summed E-state index contributed by atoms with van der Waals surface area (Å²) in [6.07, 6.45) is 0. The van der Waals surface area contributed by atoms with Crippen LogP contribution in [0.2, 0.25) is 0 Å². The largest absolute Gasteiger partial charge is 0.486 e. The lowest BCUT2D eigenvalue weighted by Gasteiger charge is -2.19. The van der Waals surface area contributed by atoms with Gasteiger partial charge in [-0.2, -0.15) is 0 Å². The molecule has 4 nitrogen and oxygen atoms in total. The Balaban J connectivity index is 1.79. The predicted molar refractivity (Wildman–Crippen MR) is 119 cm³/mol. The smallest absolute Gasteiger partial charge is 0.263 e. The van der Waals surface area contributed by atoms with Crippen molar-refractivity contribution in [1.82, 2.24) is 5.32 Å². The lowest BCUT2D eigenvalue weighted by Crippen LogP contribution is -2.29. The maximum Gasteiger partial charge on any atom is 0.263 e. The second-order valence-electron chi connectivity index (χ2n) is 8.56. The van der Waals surface area contributed by atoms with E-state index in [0.29, 0.717) is 0 Å². The van der Waals surface area contributed by atoms with Gasteiger partial charge in [0, 0.05) is 6.92 Å². The number of halogens is 2. The molecule has 0 unspecified atom stereocenters. The topological polar surface area (TPSA) is 55.4 Å². The number of amides is 2. The Morgan fingerprint density at radius 1 is 0.938 bits per heavy atom. The van der Waals surface area contributed by atoms with Gasteiger partial charge in [-0.1, -0.05) is 63.2 Å². The zero-order valence-corrected chi connectivity index (χ0v) is 18.5. The molecule has 0 heterocycles. The molecule has 3 aromatic rings. The molecule has 0 aliphatic carbocycles. The minimum absolute atomic E-state index is 0.0181. The Morgan fingerprint density at radius 2 is 1.62 bits per heavy atom. The second kappa shape index (κ2) is 9.30. The first-order chi connectivity index (χ1) is 15.1. The average Bonchev–Trinajstić information content (AvgIpc) is 2.72. The summed E-state index contributed by atoms with van der Waals surface area (Å²) < 4.78 is 34.2. The summed E-state index contributed by atoms with van der Waals surface area (Å²) in [5.74, 6) is -4.38. The second-order valence-corrected chi connectivity index (χ2v) is 8.56. The fraction of sp³-hybridized carbons (Fsp3) is 0.231. The monoisotopic (exact) mass is 437 g/mol. The van der Waals surface area contributed by atoms with Crippen LogP contribution in [0.5, 0.6) is 5.75 Å². The van der Waals surface area contributed by atoms with Crippen LogP contribution in [-0.4, -0.2) is 11.8 Å². The van der Waals surface area contributed by atoms with E-state index in [1.165, 1.54) is 5.56 Å². The standard InChI is InChI=1S/C26H25F2NO3/c1-16(30)29-25(31)23-21(27)12-13-22(24(23)28)32-15-17-6-5-7-19(14-17)18-8-10-20(11-9-18)26(2,3)4/h5-14H,15H2,1-4H3,(H,29,30,31). The van der Waals surface area contributed by atoms with E-state index in [4.69, 9.17) is 4.74 Å². The number of benzene rings is 3. The molecule has 0 atom stereocenters. The van der Waals surface area contributed by atoms with Gasteiger partial charge in [0.2, 0.25) is 5.91 Å². The Hall–Kier alpha value is -3.54. The van der Waals surface area contributed by atoms with E-state index >= 15 is 0 Å². The fourth-order valence-electron chi connectivity index (χ4n) is 3.24. The third-order valence-electron chi connectivity index (χ3n) is 4.98. The molecular formula is C26H25F2NO3. The Kier molecular flexibility index (Phi) is 6.72. The molecule has 0 spiro atoms. The van der Waals surface area contributed by atoms with E-state index in [9.17, 15) is 18.4 Å². The van der Waals surface area contributed by atoms with E-state index in [0.717, 1.165) is 35.7 Å². The first-order valence-electron chi connectivity index (χ1n) is 10.2. The third kappa shape index (κ3) is 5.38. The summed E-state index contributed by atoms with van der Waals surface area (Å²) >= 11 is 0. The number of nitrogens with one attached hydrogen (secondary N) is 1. The van der Waals surface area contributed by atoms with Crippen LogP contribution in [0.4, 0.5) is 8.78 Å². The normalized spacial score (nSPS) is 11.2. The molecule has 0 aliphatic heterocycles. The highest BCUT2D eigenvalue weighted by molar-refractivity contribution is 6.04. The first-order valence-corrected chi connectivity index (χ1v) is 10.2. The molecule has 0 aromatic heterocycles. The Morgan fingerprint density at radius 3 is 2.25 bits per heavy atom. The van der Waals surface area contributed by atoms with Gasteiger partial charge in [-0.25, -0.2) is 8.78 Å². The van der Waals surface area contributed by atoms with Gasteiger partial charge in [-0.3, -0.25) is 14.9 Å². The molecule has 3 rings (SSSR count). The van der Waals surface area contributed by atoms with Gasteiger partial charge in [0.05, 0.1) is 0 Å². The van der Waals surface area contributed by atoms with E-state index in [1.54, 1.807) is 0 Å². The number of carbonyl (C=O) groups is 2. The highest BCUT2D eigenvalue weighted by Crippen LogP contribution is 2.28. The van der Waals surface area contributed by atoms with Crippen LogP contribution in [-0.2, 0) is 16.8 Å². The molecule has 3 aromatic carbocycles. The Labute approximate surface area is 186 Å². The number of ether oxygens (including phenoxy) is 1. The van der Waals surface area contributed by atoms with E-state index in [-0.39, 0.29) is 17.8 Å². The number of rotatable bonds is 5. The summed E-state index contributed by atoms with van der Waals surface area (Å²) in [6, 6.07) is 18.0. The molecule has 0 aliphatic rings. The summed E-state index contributed by atoms with van der Waals surface area (Å²) in [6.45, 7) is 7.57. The van der Waals surface area contributed by atoms with Crippen LogP contribution in [0.25, 0.3) is 11.1 Å². The van der Waals surface area contributed by atoms with Crippen LogP contribution < -0.4 is 10.1 Å². The Bertz CT molecular complexity index is 1150. The fourth-order valence-corrected chi connectivity index (χ4v) is 3.24. The van der Waals surface area contributed by atoms with Crippen molar-refractivity contribution < 1.29 is 23.1 Å². The lowest BCUT2D eigenvalue weighted by atomic mass is 9.86. The van der Waals surface area contributed by atoms with Crippen molar-refractivity contribution in [2.75, 3.05) is 0 Å². The number of hydrogen-bond donors (Lipinski definition) is 1. The summed E-state index contributed by atoms with van der Waals surface area (Å²) in [5, 5.41) is 1.87. The molecule has 1 N–H and O–H groups in total. The number of carbonyl (C=O) groups excluding carboxylic acids is 2. The van der Waals surface area contributed by atoms with Gasteiger partial charge in [-0.15, -0.1) is 0 Å². The van der Waals surface area contributed by atoms with Gasteiger partial charge in [-0.05, 0) is 45.9 Å². The van der Waals surface area contributed by atoms with E-state index < -0.39 is 29.0 Å². The van der Waals surface area contributed by atoms with Crippen LogP contribution in [0.15, 0.2) is 60.7 Å². The molecule has 0 saturated heterocycles. The van der Waals surface area contributed by atoms with Crippen molar-refractivity contribution in [2.45, 2.75) is 39.7 Å². The van der Waals surface area contributed by atoms with Gasteiger partial charge in [0.1, 0.15) is 18.0 Å². The van der Waals surface area contributed by atoms with Crippen LogP contribution in [0.1, 0.15) is 49.2 Å². The summed E-state index contributed by atoms with van der Waals surface area (Å²) in [5.41, 5.74) is 3.24. The maximum atomic E-state index is 14.7. The summed E-state index contributed by atoms with van der Waals surface area (Å²) in [4.78, 5) is 23.0. The quantitative estimate of drug-likeness (QED) is 0.550. The van der Waals surface area contributed by atoms with E-state index in [1.807, 2.05) is 29.6 Å². The van der Waals surface area contributed by atoms with Gasteiger partial charge >= 0.3 is 0 Å². The van der Waals surface area contributed by atoms with Crippen molar-refractivity contribution in [3.05, 3.63) is 89.0 Å². The molecule has 6 heteroatoms. The lowest BCUT2D eigenvalue weighted by molar-refractivity contribution is -0.118. The van der Waals surface area contributed by atoms with Gasteiger partial charge in [0.15, 0.2) is 11.6 Å². The molecule has 0 bridgehead atoms. The van der Waals surface area contributed by atoms with Gasteiger partial charge in [0.25, 0.3) is 5.91 Å².